The van der Waals surface area contributed by atoms with Crippen molar-refractivity contribution in [1.82, 2.24) is 9.88 Å². The van der Waals surface area contributed by atoms with Crippen LogP contribution in [0.2, 0.25) is 0 Å². The molecule has 0 fully saturated rings. The van der Waals surface area contributed by atoms with Crippen molar-refractivity contribution in [3.8, 4) is 11.5 Å². The van der Waals surface area contributed by atoms with Crippen LogP contribution in [0.15, 0.2) is 77.7 Å². The molecule has 7 nitrogen and oxygen atoms in total. The summed E-state index contributed by atoms with van der Waals surface area (Å²) in [4.78, 5) is 39.3. The highest BCUT2D eigenvalue weighted by Gasteiger charge is 2.19. The standard InChI is InChI=1S/C28H25FN2O5/c1-3-36-22-12-13-25-23(14-22)28(34)24(27(33)19-6-8-20(29)9-7-19)16-31(25)17-26(32)30-15-18-4-10-21(35-2)11-5-18/h4-14,16H,3,15,17H2,1-2H3,(H,30,32). The van der Waals surface area contributed by atoms with E-state index in [4.69, 9.17) is 9.47 Å². The number of aromatic nitrogens is 1. The van der Waals surface area contributed by atoms with Crippen molar-refractivity contribution >= 4 is 22.6 Å². The van der Waals surface area contributed by atoms with E-state index in [0.717, 1.165) is 23.4 Å². The lowest BCUT2D eigenvalue weighted by atomic mass is 10.0. The summed E-state index contributed by atoms with van der Waals surface area (Å²) in [6.07, 6.45) is 1.38. The third-order valence-electron chi connectivity index (χ3n) is 5.68. The van der Waals surface area contributed by atoms with Gasteiger partial charge in [0.2, 0.25) is 11.3 Å². The van der Waals surface area contributed by atoms with Gasteiger partial charge < -0.3 is 19.4 Å². The Morgan fingerprint density at radius 2 is 1.67 bits per heavy atom. The van der Waals surface area contributed by atoms with E-state index in [0.29, 0.717) is 24.4 Å². The van der Waals surface area contributed by atoms with Gasteiger partial charge in [0, 0.05) is 18.3 Å². The van der Waals surface area contributed by atoms with Gasteiger partial charge in [-0.25, -0.2) is 4.39 Å². The maximum atomic E-state index is 13.4. The zero-order chi connectivity index (χ0) is 25.7. The lowest BCUT2D eigenvalue weighted by Crippen LogP contribution is -2.29. The van der Waals surface area contributed by atoms with E-state index < -0.39 is 17.0 Å². The van der Waals surface area contributed by atoms with Crippen LogP contribution in [0.25, 0.3) is 10.9 Å². The second-order valence-corrected chi connectivity index (χ2v) is 8.07. The molecule has 0 radical (unpaired) electrons. The Balaban J connectivity index is 1.67. The zero-order valence-electron chi connectivity index (χ0n) is 19.9. The van der Waals surface area contributed by atoms with Crippen LogP contribution in [0.5, 0.6) is 11.5 Å². The predicted octanol–water partition coefficient (Wildman–Crippen LogP) is 4.10. The molecule has 0 saturated heterocycles. The third-order valence-corrected chi connectivity index (χ3v) is 5.68. The highest BCUT2D eigenvalue weighted by Crippen LogP contribution is 2.21. The smallest absolute Gasteiger partial charge is 0.240 e. The fourth-order valence-corrected chi connectivity index (χ4v) is 3.84. The van der Waals surface area contributed by atoms with E-state index in [-0.39, 0.29) is 29.0 Å². The SMILES string of the molecule is CCOc1ccc2c(c1)c(=O)c(C(=O)c1ccc(F)cc1)cn2CC(=O)NCc1ccc(OC)cc1. The quantitative estimate of drug-likeness (QED) is 0.359. The molecule has 3 aromatic carbocycles. The van der Waals surface area contributed by atoms with Gasteiger partial charge >= 0.3 is 0 Å². The zero-order valence-corrected chi connectivity index (χ0v) is 19.9. The van der Waals surface area contributed by atoms with Crippen LogP contribution in [-0.2, 0) is 17.9 Å². The Hall–Kier alpha value is -4.46. The molecular weight excluding hydrogens is 463 g/mol. The number of methoxy groups -OCH3 is 1. The molecule has 0 bridgehead atoms. The molecular formula is C28H25FN2O5. The molecule has 1 N–H and O–H groups in total. The average molecular weight is 489 g/mol. The van der Waals surface area contributed by atoms with Crippen molar-refractivity contribution in [1.29, 1.82) is 0 Å². The van der Waals surface area contributed by atoms with Crippen molar-refractivity contribution in [2.75, 3.05) is 13.7 Å². The van der Waals surface area contributed by atoms with Crippen LogP contribution in [-0.4, -0.2) is 30.0 Å². The number of halogens is 1. The number of nitrogens with zero attached hydrogens (tertiary/aromatic N) is 1. The number of amides is 1. The predicted molar refractivity (Wildman–Crippen MR) is 134 cm³/mol. The molecule has 1 heterocycles. The first-order chi connectivity index (χ1) is 17.4. The number of pyridine rings is 1. The lowest BCUT2D eigenvalue weighted by Gasteiger charge is -2.15. The topological polar surface area (TPSA) is 86.6 Å². The Kier molecular flexibility index (Phi) is 7.44. The van der Waals surface area contributed by atoms with Crippen molar-refractivity contribution in [2.45, 2.75) is 20.0 Å². The van der Waals surface area contributed by atoms with Crippen LogP contribution < -0.4 is 20.2 Å². The van der Waals surface area contributed by atoms with E-state index in [9.17, 15) is 18.8 Å². The Morgan fingerprint density at radius 3 is 2.33 bits per heavy atom. The molecule has 0 atom stereocenters. The first kappa shape index (κ1) is 24.7. The fraction of sp³-hybridized carbons (Fsp3) is 0.179. The molecule has 1 amide bonds. The molecule has 1 aromatic heterocycles. The maximum Gasteiger partial charge on any atom is 0.240 e. The molecule has 0 aliphatic rings. The van der Waals surface area contributed by atoms with Gasteiger partial charge in [0.15, 0.2) is 5.78 Å². The molecule has 36 heavy (non-hydrogen) atoms. The van der Waals surface area contributed by atoms with Crippen LogP contribution in [0.3, 0.4) is 0 Å². The van der Waals surface area contributed by atoms with Gasteiger partial charge in [-0.05, 0) is 67.1 Å². The Labute approximate surface area is 207 Å². The van der Waals surface area contributed by atoms with Gasteiger partial charge in [-0.2, -0.15) is 0 Å². The van der Waals surface area contributed by atoms with Gasteiger partial charge in [-0.1, -0.05) is 12.1 Å². The van der Waals surface area contributed by atoms with Crippen LogP contribution in [0.1, 0.15) is 28.4 Å². The van der Waals surface area contributed by atoms with Crippen molar-refractivity contribution in [2.24, 2.45) is 0 Å². The van der Waals surface area contributed by atoms with Crippen LogP contribution in [0.4, 0.5) is 4.39 Å². The summed E-state index contributed by atoms with van der Waals surface area (Å²) in [5, 5.41) is 3.10. The number of ketones is 1. The van der Waals surface area contributed by atoms with Crippen molar-refractivity contribution in [3.05, 3.63) is 106 Å². The van der Waals surface area contributed by atoms with E-state index in [1.807, 2.05) is 19.1 Å². The van der Waals surface area contributed by atoms with Gasteiger partial charge in [-0.15, -0.1) is 0 Å². The number of hydrogen-bond acceptors (Lipinski definition) is 5. The van der Waals surface area contributed by atoms with Crippen molar-refractivity contribution in [3.63, 3.8) is 0 Å². The number of ether oxygens (including phenoxy) is 2. The van der Waals surface area contributed by atoms with E-state index in [1.165, 1.54) is 18.3 Å². The maximum absolute atomic E-state index is 13.4. The molecule has 0 unspecified atom stereocenters. The summed E-state index contributed by atoms with van der Waals surface area (Å²) < 4.78 is 25.6. The van der Waals surface area contributed by atoms with E-state index in [2.05, 4.69) is 5.32 Å². The van der Waals surface area contributed by atoms with Gasteiger partial charge in [0.25, 0.3) is 0 Å². The largest absolute Gasteiger partial charge is 0.497 e. The average Bonchev–Trinajstić information content (AvgIpc) is 2.89. The fourth-order valence-electron chi connectivity index (χ4n) is 3.84. The van der Waals surface area contributed by atoms with E-state index in [1.54, 1.807) is 42.0 Å². The highest BCUT2D eigenvalue weighted by atomic mass is 19.1. The number of fused-ring (bicyclic) bond motifs is 1. The normalized spacial score (nSPS) is 10.8. The lowest BCUT2D eigenvalue weighted by molar-refractivity contribution is -0.121. The molecule has 0 saturated carbocycles. The molecule has 0 aliphatic heterocycles. The molecule has 184 valence electrons. The molecule has 4 aromatic rings. The minimum Gasteiger partial charge on any atom is -0.497 e. The molecule has 0 aliphatic carbocycles. The molecule has 0 spiro atoms. The van der Waals surface area contributed by atoms with Crippen LogP contribution >= 0.6 is 0 Å². The van der Waals surface area contributed by atoms with Gasteiger partial charge in [0.1, 0.15) is 23.9 Å². The van der Waals surface area contributed by atoms with Crippen LogP contribution in [0, 0.1) is 5.82 Å². The molecule has 4 rings (SSSR count). The first-order valence-corrected chi connectivity index (χ1v) is 11.4. The monoisotopic (exact) mass is 488 g/mol. The minimum absolute atomic E-state index is 0.120. The summed E-state index contributed by atoms with van der Waals surface area (Å²) >= 11 is 0. The van der Waals surface area contributed by atoms with Gasteiger partial charge in [0.05, 0.1) is 30.2 Å². The second kappa shape index (κ2) is 10.9. The third kappa shape index (κ3) is 5.43. The second-order valence-electron chi connectivity index (χ2n) is 8.07. The Bertz CT molecular complexity index is 1460. The summed E-state index contributed by atoms with van der Waals surface area (Å²) in [6.45, 7) is 2.41. The Morgan fingerprint density at radius 1 is 0.972 bits per heavy atom. The first-order valence-electron chi connectivity index (χ1n) is 11.4. The number of carbonyl (C=O) groups is 2. The molecule has 8 heteroatoms. The summed E-state index contributed by atoms with van der Waals surface area (Å²) in [6, 6.07) is 17.2. The number of hydrogen-bond donors (Lipinski definition) is 1. The van der Waals surface area contributed by atoms with E-state index >= 15 is 0 Å². The van der Waals surface area contributed by atoms with Crippen molar-refractivity contribution < 1.29 is 23.5 Å². The highest BCUT2D eigenvalue weighted by molar-refractivity contribution is 6.10. The number of benzene rings is 3. The summed E-state index contributed by atoms with van der Waals surface area (Å²) in [5.41, 5.74) is 0.937. The number of rotatable bonds is 9. The summed E-state index contributed by atoms with van der Waals surface area (Å²) in [5.74, 6) is -0.156. The number of nitrogens with one attached hydrogen (secondary N) is 1. The number of carbonyl (C=O) groups excluding carboxylic acids is 2. The van der Waals surface area contributed by atoms with Gasteiger partial charge in [-0.3, -0.25) is 14.4 Å². The minimum atomic E-state index is -0.559. The summed E-state index contributed by atoms with van der Waals surface area (Å²) in [7, 11) is 1.58.